The molecule has 1 fully saturated rings. The Labute approximate surface area is 142 Å². The van der Waals surface area contributed by atoms with E-state index in [2.05, 4.69) is 21.7 Å². The largest absolute Gasteiger partial charge is 0.392 e. The fraction of sp³-hybridized carbons (Fsp3) is 0.556. The van der Waals surface area contributed by atoms with Gasteiger partial charge in [0.25, 0.3) is 5.56 Å². The van der Waals surface area contributed by atoms with E-state index >= 15 is 0 Å². The van der Waals surface area contributed by atoms with Crippen LogP contribution in [0.15, 0.2) is 29.2 Å². The summed E-state index contributed by atoms with van der Waals surface area (Å²) in [7, 11) is 0. The minimum atomic E-state index is -0.301. The van der Waals surface area contributed by atoms with Crippen LogP contribution in [0.2, 0.25) is 0 Å². The smallest absolute Gasteiger partial charge is 0.258 e. The van der Waals surface area contributed by atoms with Gasteiger partial charge in [-0.25, -0.2) is 4.98 Å². The quantitative estimate of drug-likeness (QED) is 0.902. The molecule has 1 saturated heterocycles. The summed E-state index contributed by atoms with van der Waals surface area (Å²) in [6.45, 7) is 10.1. The summed E-state index contributed by atoms with van der Waals surface area (Å²) in [6, 6.07) is 5.89. The second kappa shape index (κ2) is 7.01. The maximum absolute atomic E-state index is 12.3. The molecule has 0 bridgehead atoms. The molecule has 0 spiro atoms. The van der Waals surface area contributed by atoms with Crippen molar-refractivity contribution in [2.45, 2.75) is 39.5 Å². The lowest BCUT2D eigenvalue weighted by Crippen LogP contribution is -2.53. The lowest BCUT2D eigenvalue weighted by Gasteiger charge is -2.40. The molecule has 24 heavy (non-hydrogen) atoms. The molecule has 2 aromatic rings. The molecule has 1 N–H and O–H groups in total. The first-order valence-corrected chi connectivity index (χ1v) is 8.56. The summed E-state index contributed by atoms with van der Waals surface area (Å²) in [4.78, 5) is 21.6. The molecule has 0 radical (unpaired) electrons. The van der Waals surface area contributed by atoms with Gasteiger partial charge in [0, 0.05) is 51.0 Å². The van der Waals surface area contributed by atoms with E-state index in [1.807, 2.05) is 32.2 Å². The third kappa shape index (κ3) is 3.83. The Bertz CT molecular complexity index is 771. The van der Waals surface area contributed by atoms with Crippen molar-refractivity contribution in [1.29, 1.82) is 0 Å². The lowest BCUT2D eigenvalue weighted by molar-refractivity contribution is 0.0418. The average Bonchev–Trinajstić information content (AvgIpc) is 2.50. The van der Waals surface area contributed by atoms with Crippen molar-refractivity contribution >= 4 is 5.65 Å². The van der Waals surface area contributed by atoms with Crippen molar-refractivity contribution < 1.29 is 5.11 Å². The van der Waals surface area contributed by atoms with E-state index in [1.54, 1.807) is 10.5 Å². The first-order chi connectivity index (χ1) is 11.4. The molecule has 6 heteroatoms. The van der Waals surface area contributed by atoms with Crippen LogP contribution in [-0.4, -0.2) is 62.6 Å². The standard InChI is InChI=1S/C18H26N4O2/c1-13-4-5-17-19-16(8-18(24)22(17)9-13)12-20-6-7-21(11-15(3)23)14(2)10-20/h4-5,8-9,14-15,23H,6-7,10-12H2,1-3H3. The molecule has 0 aliphatic carbocycles. The van der Waals surface area contributed by atoms with Gasteiger partial charge in [-0.05, 0) is 32.4 Å². The van der Waals surface area contributed by atoms with E-state index in [1.165, 1.54) is 0 Å². The highest BCUT2D eigenvalue weighted by molar-refractivity contribution is 5.39. The number of fused-ring (bicyclic) bond motifs is 1. The van der Waals surface area contributed by atoms with Crippen molar-refractivity contribution in [3.8, 4) is 0 Å². The van der Waals surface area contributed by atoms with E-state index in [0.717, 1.165) is 30.9 Å². The SMILES string of the molecule is Cc1ccc2nc(CN3CCN(CC(C)O)C(C)C3)cc(=O)n2c1. The molecule has 2 aromatic heterocycles. The van der Waals surface area contributed by atoms with E-state index in [4.69, 9.17) is 0 Å². The van der Waals surface area contributed by atoms with Crippen molar-refractivity contribution in [1.82, 2.24) is 19.2 Å². The van der Waals surface area contributed by atoms with Gasteiger partial charge in [0.15, 0.2) is 0 Å². The van der Waals surface area contributed by atoms with Crippen LogP contribution >= 0.6 is 0 Å². The third-order valence-corrected chi connectivity index (χ3v) is 4.59. The summed E-state index contributed by atoms with van der Waals surface area (Å²) < 4.78 is 1.60. The summed E-state index contributed by atoms with van der Waals surface area (Å²) in [5.74, 6) is 0. The number of rotatable bonds is 4. The van der Waals surface area contributed by atoms with E-state index in [0.29, 0.717) is 24.8 Å². The normalized spacial score (nSPS) is 21.2. The second-order valence-corrected chi connectivity index (χ2v) is 6.95. The minimum absolute atomic E-state index is 0.0283. The van der Waals surface area contributed by atoms with Crippen LogP contribution in [0.1, 0.15) is 25.1 Å². The first kappa shape index (κ1) is 17.1. The Hall–Kier alpha value is -1.76. The molecule has 3 heterocycles. The van der Waals surface area contributed by atoms with Crippen molar-refractivity contribution in [3.63, 3.8) is 0 Å². The Morgan fingerprint density at radius 2 is 2.17 bits per heavy atom. The monoisotopic (exact) mass is 330 g/mol. The van der Waals surface area contributed by atoms with Crippen LogP contribution in [0.4, 0.5) is 0 Å². The van der Waals surface area contributed by atoms with Gasteiger partial charge in [-0.1, -0.05) is 6.07 Å². The molecular weight excluding hydrogens is 304 g/mol. The topological polar surface area (TPSA) is 61.1 Å². The Balaban J connectivity index is 1.72. The number of aliphatic hydroxyl groups excluding tert-OH is 1. The molecule has 0 amide bonds. The van der Waals surface area contributed by atoms with Crippen LogP contribution in [0.5, 0.6) is 0 Å². The van der Waals surface area contributed by atoms with Crippen molar-refractivity contribution in [2.24, 2.45) is 0 Å². The van der Waals surface area contributed by atoms with Gasteiger partial charge in [-0.15, -0.1) is 0 Å². The van der Waals surface area contributed by atoms with Crippen molar-refractivity contribution in [3.05, 3.63) is 46.0 Å². The number of aliphatic hydroxyl groups is 1. The average molecular weight is 330 g/mol. The molecular formula is C18H26N4O2. The predicted octanol–water partition coefficient (Wildman–Crippen LogP) is 0.890. The number of aromatic nitrogens is 2. The fourth-order valence-corrected chi connectivity index (χ4v) is 3.39. The van der Waals surface area contributed by atoms with Gasteiger partial charge < -0.3 is 5.11 Å². The highest BCUT2D eigenvalue weighted by Gasteiger charge is 2.24. The second-order valence-electron chi connectivity index (χ2n) is 6.95. The van der Waals surface area contributed by atoms with Crippen LogP contribution in [0, 0.1) is 6.92 Å². The molecule has 130 valence electrons. The van der Waals surface area contributed by atoms with Gasteiger partial charge in [-0.2, -0.15) is 0 Å². The fourth-order valence-electron chi connectivity index (χ4n) is 3.39. The van der Waals surface area contributed by atoms with E-state index in [-0.39, 0.29) is 11.7 Å². The summed E-state index contributed by atoms with van der Waals surface area (Å²) >= 11 is 0. The zero-order chi connectivity index (χ0) is 17.3. The summed E-state index contributed by atoms with van der Waals surface area (Å²) in [5, 5.41) is 9.57. The number of nitrogens with zero attached hydrogens (tertiary/aromatic N) is 4. The predicted molar refractivity (Wildman–Crippen MR) is 94.2 cm³/mol. The highest BCUT2D eigenvalue weighted by Crippen LogP contribution is 2.13. The number of hydrogen-bond donors (Lipinski definition) is 1. The third-order valence-electron chi connectivity index (χ3n) is 4.59. The maximum atomic E-state index is 12.3. The molecule has 0 saturated carbocycles. The van der Waals surface area contributed by atoms with E-state index in [9.17, 15) is 9.90 Å². The van der Waals surface area contributed by atoms with Crippen molar-refractivity contribution in [2.75, 3.05) is 26.2 Å². The van der Waals surface area contributed by atoms with Crippen LogP contribution < -0.4 is 5.56 Å². The molecule has 0 aromatic carbocycles. The minimum Gasteiger partial charge on any atom is -0.392 e. The molecule has 3 rings (SSSR count). The maximum Gasteiger partial charge on any atom is 0.258 e. The summed E-state index contributed by atoms with van der Waals surface area (Å²) in [5.41, 5.74) is 2.53. The number of aryl methyl sites for hydroxylation is 1. The van der Waals surface area contributed by atoms with Crippen LogP contribution in [-0.2, 0) is 6.54 Å². The van der Waals surface area contributed by atoms with Gasteiger partial charge in [0.05, 0.1) is 11.8 Å². The number of β-amino-alcohol motifs (C(OH)–C–C–N with tert-alkyl or cyclic N) is 1. The Kier molecular flexibility index (Phi) is 4.99. The van der Waals surface area contributed by atoms with Crippen LogP contribution in [0.25, 0.3) is 5.65 Å². The van der Waals surface area contributed by atoms with Gasteiger partial charge in [-0.3, -0.25) is 19.0 Å². The first-order valence-electron chi connectivity index (χ1n) is 8.56. The van der Waals surface area contributed by atoms with Gasteiger partial charge in [0.2, 0.25) is 0 Å². The zero-order valence-electron chi connectivity index (χ0n) is 14.6. The van der Waals surface area contributed by atoms with Gasteiger partial charge >= 0.3 is 0 Å². The molecule has 1 aliphatic heterocycles. The molecule has 6 nitrogen and oxygen atoms in total. The lowest BCUT2D eigenvalue weighted by atomic mass is 10.1. The zero-order valence-corrected chi connectivity index (χ0v) is 14.6. The number of pyridine rings is 1. The number of hydrogen-bond acceptors (Lipinski definition) is 5. The van der Waals surface area contributed by atoms with E-state index < -0.39 is 0 Å². The Morgan fingerprint density at radius 1 is 1.38 bits per heavy atom. The molecule has 1 aliphatic rings. The van der Waals surface area contributed by atoms with Gasteiger partial charge in [0.1, 0.15) is 5.65 Å². The molecule has 2 atom stereocenters. The van der Waals surface area contributed by atoms with Crippen LogP contribution in [0.3, 0.4) is 0 Å². The summed E-state index contributed by atoms with van der Waals surface area (Å²) in [6.07, 6.45) is 1.52. The number of piperazine rings is 1. The molecule has 2 unspecified atom stereocenters. The highest BCUT2D eigenvalue weighted by atomic mass is 16.3. The Morgan fingerprint density at radius 3 is 2.88 bits per heavy atom.